The number of rotatable bonds is 6. The van der Waals surface area contributed by atoms with Crippen molar-refractivity contribution in [2.45, 2.75) is 39.4 Å². The van der Waals surface area contributed by atoms with E-state index in [1.54, 1.807) is 7.11 Å². The summed E-state index contributed by atoms with van der Waals surface area (Å²) in [6.07, 6.45) is 1.84. The fourth-order valence-electron chi connectivity index (χ4n) is 3.79. The van der Waals surface area contributed by atoms with Crippen LogP contribution in [-0.4, -0.2) is 39.8 Å². The first kappa shape index (κ1) is 17.9. The molecule has 1 aliphatic heterocycles. The maximum Gasteiger partial charge on any atom is 0.170 e. The van der Waals surface area contributed by atoms with Crippen molar-refractivity contribution in [3.8, 4) is 0 Å². The van der Waals surface area contributed by atoms with Crippen LogP contribution in [0.2, 0.25) is 0 Å². The minimum atomic E-state index is 0.0383. The monoisotopic (exact) mass is 358 g/mol. The fourth-order valence-corrected chi connectivity index (χ4v) is 4.12. The summed E-state index contributed by atoms with van der Waals surface area (Å²) in [5.74, 6) is 0. The standard InChI is InChI=1S/C19H26N4OS/c1-5-22-13(2)12-15(14(22)3)18-17(16-8-6-7-9-20-16)21-19(25)23(18)10-11-24-4/h6-9,12,17-18H,5,10-11H2,1-4H3,(H,21,25)/t17-,18+/m0/s1. The van der Waals surface area contributed by atoms with Gasteiger partial charge < -0.3 is 19.5 Å². The molecule has 0 radical (unpaired) electrons. The van der Waals surface area contributed by atoms with Crippen molar-refractivity contribution in [1.82, 2.24) is 19.8 Å². The molecular weight excluding hydrogens is 332 g/mol. The van der Waals surface area contributed by atoms with Crippen LogP contribution in [-0.2, 0) is 11.3 Å². The summed E-state index contributed by atoms with van der Waals surface area (Å²) in [6, 6.07) is 8.47. The van der Waals surface area contributed by atoms with Gasteiger partial charge in [-0.15, -0.1) is 0 Å². The molecule has 3 heterocycles. The van der Waals surface area contributed by atoms with Gasteiger partial charge in [-0.1, -0.05) is 6.07 Å². The van der Waals surface area contributed by atoms with E-state index in [0.717, 1.165) is 23.9 Å². The Hall–Kier alpha value is -1.92. The number of hydrogen-bond donors (Lipinski definition) is 1. The van der Waals surface area contributed by atoms with Crippen LogP contribution in [0, 0.1) is 13.8 Å². The number of methoxy groups -OCH3 is 1. The number of aromatic nitrogens is 2. The highest BCUT2D eigenvalue weighted by atomic mass is 32.1. The average molecular weight is 359 g/mol. The zero-order chi connectivity index (χ0) is 18.0. The Balaban J connectivity index is 2.06. The molecule has 0 amide bonds. The fraction of sp³-hybridized carbons (Fsp3) is 0.474. The SMILES string of the molecule is CCn1c(C)cc([C@@H]2[C@H](c3ccccn3)NC(=S)N2CCOC)c1C. The molecule has 0 saturated carbocycles. The van der Waals surface area contributed by atoms with E-state index in [9.17, 15) is 0 Å². The van der Waals surface area contributed by atoms with E-state index in [-0.39, 0.29) is 12.1 Å². The Kier molecular flexibility index (Phi) is 5.39. The van der Waals surface area contributed by atoms with Crippen LogP contribution in [0.15, 0.2) is 30.5 Å². The normalized spacial score (nSPS) is 20.2. The van der Waals surface area contributed by atoms with E-state index in [2.05, 4.69) is 52.7 Å². The van der Waals surface area contributed by atoms with Crippen molar-refractivity contribution in [3.63, 3.8) is 0 Å². The smallest absolute Gasteiger partial charge is 0.170 e. The summed E-state index contributed by atoms with van der Waals surface area (Å²) in [6.45, 7) is 8.90. The minimum absolute atomic E-state index is 0.0383. The zero-order valence-corrected chi connectivity index (χ0v) is 16.1. The highest BCUT2D eigenvalue weighted by Gasteiger charge is 2.40. The highest BCUT2D eigenvalue weighted by Crippen LogP contribution is 2.40. The predicted molar refractivity (Wildman–Crippen MR) is 104 cm³/mol. The van der Waals surface area contributed by atoms with Gasteiger partial charge in [0.15, 0.2) is 5.11 Å². The van der Waals surface area contributed by atoms with Crippen molar-refractivity contribution in [3.05, 3.63) is 53.1 Å². The van der Waals surface area contributed by atoms with Gasteiger partial charge in [0.1, 0.15) is 0 Å². The van der Waals surface area contributed by atoms with Gasteiger partial charge >= 0.3 is 0 Å². The topological polar surface area (TPSA) is 42.3 Å². The molecule has 1 aliphatic rings. The van der Waals surface area contributed by atoms with Gasteiger partial charge in [-0.3, -0.25) is 4.98 Å². The average Bonchev–Trinajstić information content (AvgIpc) is 3.09. The van der Waals surface area contributed by atoms with Crippen LogP contribution < -0.4 is 5.32 Å². The first-order valence-corrected chi connectivity index (χ1v) is 9.13. The lowest BCUT2D eigenvalue weighted by Gasteiger charge is -2.28. The Morgan fingerprint density at radius 2 is 2.12 bits per heavy atom. The summed E-state index contributed by atoms with van der Waals surface area (Å²) < 4.78 is 7.66. The first-order valence-electron chi connectivity index (χ1n) is 8.72. The van der Waals surface area contributed by atoms with Crippen LogP contribution >= 0.6 is 12.2 Å². The molecule has 134 valence electrons. The van der Waals surface area contributed by atoms with Crippen molar-refractivity contribution in [2.75, 3.05) is 20.3 Å². The van der Waals surface area contributed by atoms with Crippen molar-refractivity contribution in [2.24, 2.45) is 0 Å². The van der Waals surface area contributed by atoms with E-state index in [4.69, 9.17) is 17.0 Å². The molecule has 6 heteroatoms. The van der Waals surface area contributed by atoms with Crippen LogP contribution in [0.25, 0.3) is 0 Å². The van der Waals surface area contributed by atoms with Crippen LogP contribution in [0.3, 0.4) is 0 Å². The quantitative estimate of drug-likeness (QED) is 0.804. The number of pyridine rings is 1. The molecule has 0 aliphatic carbocycles. The number of hydrogen-bond acceptors (Lipinski definition) is 3. The summed E-state index contributed by atoms with van der Waals surface area (Å²) in [7, 11) is 1.72. The van der Waals surface area contributed by atoms with E-state index in [1.165, 1.54) is 17.0 Å². The summed E-state index contributed by atoms with van der Waals surface area (Å²) >= 11 is 5.64. The molecule has 0 aromatic carbocycles. The van der Waals surface area contributed by atoms with Crippen LogP contribution in [0.1, 0.15) is 41.7 Å². The van der Waals surface area contributed by atoms with E-state index >= 15 is 0 Å². The molecule has 2 aromatic rings. The van der Waals surface area contributed by atoms with Crippen molar-refractivity contribution >= 4 is 17.3 Å². The third-order valence-electron chi connectivity index (χ3n) is 4.98. The molecule has 0 bridgehead atoms. The maximum atomic E-state index is 5.64. The third kappa shape index (κ3) is 3.28. The molecule has 0 spiro atoms. The van der Waals surface area contributed by atoms with Crippen LogP contribution in [0.5, 0.6) is 0 Å². The van der Waals surface area contributed by atoms with E-state index in [0.29, 0.717) is 6.61 Å². The molecule has 3 rings (SSSR count). The lowest BCUT2D eigenvalue weighted by molar-refractivity contribution is 0.164. The second kappa shape index (κ2) is 7.54. The van der Waals surface area contributed by atoms with Crippen molar-refractivity contribution < 1.29 is 4.74 Å². The largest absolute Gasteiger partial charge is 0.383 e. The zero-order valence-electron chi connectivity index (χ0n) is 15.3. The summed E-state index contributed by atoms with van der Waals surface area (Å²) in [4.78, 5) is 6.81. The predicted octanol–water partition coefficient (Wildman–Crippen LogP) is 3.14. The van der Waals surface area contributed by atoms with E-state index in [1.807, 2.05) is 18.3 Å². The van der Waals surface area contributed by atoms with Gasteiger partial charge in [-0.25, -0.2) is 0 Å². The minimum Gasteiger partial charge on any atom is -0.383 e. The number of ether oxygens (including phenoxy) is 1. The molecule has 25 heavy (non-hydrogen) atoms. The molecule has 2 atom stereocenters. The number of nitrogens with zero attached hydrogens (tertiary/aromatic N) is 3. The Bertz CT molecular complexity index is 743. The van der Waals surface area contributed by atoms with Gasteiger partial charge in [0, 0.05) is 37.8 Å². The maximum absolute atomic E-state index is 5.64. The molecule has 1 fully saturated rings. The van der Waals surface area contributed by atoms with Gasteiger partial charge in [0.2, 0.25) is 0 Å². The molecule has 5 nitrogen and oxygen atoms in total. The van der Waals surface area contributed by atoms with Gasteiger partial charge in [-0.2, -0.15) is 0 Å². The third-order valence-corrected chi connectivity index (χ3v) is 5.33. The number of thiocarbonyl (C=S) groups is 1. The van der Waals surface area contributed by atoms with Crippen molar-refractivity contribution in [1.29, 1.82) is 0 Å². The van der Waals surface area contributed by atoms with Gasteiger partial charge in [0.05, 0.1) is 24.4 Å². The molecule has 1 N–H and O–H groups in total. The van der Waals surface area contributed by atoms with Gasteiger partial charge in [0.25, 0.3) is 0 Å². The Morgan fingerprint density at radius 3 is 2.72 bits per heavy atom. The number of nitrogens with one attached hydrogen (secondary N) is 1. The lowest BCUT2D eigenvalue weighted by Crippen LogP contribution is -2.32. The molecular formula is C19H26N4OS. The lowest BCUT2D eigenvalue weighted by atomic mass is 9.97. The van der Waals surface area contributed by atoms with Gasteiger partial charge in [-0.05, 0) is 56.8 Å². The second-order valence-electron chi connectivity index (χ2n) is 6.38. The second-order valence-corrected chi connectivity index (χ2v) is 6.77. The molecule has 0 unspecified atom stereocenters. The Labute approximate surface area is 155 Å². The summed E-state index contributed by atoms with van der Waals surface area (Å²) in [5, 5.41) is 4.24. The summed E-state index contributed by atoms with van der Waals surface area (Å²) in [5.41, 5.74) is 4.88. The number of aryl methyl sites for hydroxylation is 1. The molecule has 2 aromatic heterocycles. The van der Waals surface area contributed by atoms with E-state index < -0.39 is 0 Å². The Morgan fingerprint density at radius 1 is 1.32 bits per heavy atom. The first-order chi connectivity index (χ1) is 12.1. The molecule has 1 saturated heterocycles. The highest BCUT2D eigenvalue weighted by molar-refractivity contribution is 7.80. The van der Waals surface area contributed by atoms with Crippen LogP contribution in [0.4, 0.5) is 0 Å².